The summed E-state index contributed by atoms with van der Waals surface area (Å²) in [5.41, 5.74) is 0.867. The molecule has 1 aliphatic rings. The Labute approximate surface area is 134 Å². The van der Waals surface area contributed by atoms with Gasteiger partial charge in [0.15, 0.2) is 0 Å². The lowest BCUT2D eigenvalue weighted by Gasteiger charge is -2.33. The molecular weight excluding hydrogens is 292 g/mol. The predicted molar refractivity (Wildman–Crippen MR) is 84.9 cm³/mol. The molecule has 7 heteroatoms. The van der Waals surface area contributed by atoms with Gasteiger partial charge in [-0.2, -0.15) is 10.4 Å². The van der Waals surface area contributed by atoms with E-state index in [4.69, 9.17) is 5.26 Å². The molecule has 0 aromatic carbocycles. The molecule has 2 aromatic rings. The van der Waals surface area contributed by atoms with Crippen LogP contribution in [-0.2, 0) is 7.05 Å². The Morgan fingerprint density at radius 1 is 1.35 bits per heavy atom. The standard InChI is InChI=1S/C16H18N6O/c1-21-8-7-14(20-21)16(23)19-12-5-9-22(10-6-12)15-4-2-3-13(11-17)18-15/h2-4,7-8,12H,5-6,9-10H2,1H3,(H,19,23). The Morgan fingerprint density at radius 2 is 2.13 bits per heavy atom. The number of carbonyl (C=O) groups is 1. The van der Waals surface area contributed by atoms with Crippen LogP contribution in [0.2, 0.25) is 0 Å². The molecule has 1 aliphatic heterocycles. The molecule has 0 bridgehead atoms. The lowest BCUT2D eigenvalue weighted by atomic mass is 10.0. The fourth-order valence-corrected chi connectivity index (χ4v) is 2.71. The van der Waals surface area contributed by atoms with E-state index >= 15 is 0 Å². The molecule has 118 valence electrons. The zero-order chi connectivity index (χ0) is 16.2. The van der Waals surface area contributed by atoms with Crippen LogP contribution in [0, 0.1) is 11.3 Å². The highest BCUT2D eigenvalue weighted by Crippen LogP contribution is 2.18. The minimum absolute atomic E-state index is 0.131. The molecule has 0 aliphatic carbocycles. The van der Waals surface area contributed by atoms with Crippen molar-refractivity contribution in [3.63, 3.8) is 0 Å². The summed E-state index contributed by atoms with van der Waals surface area (Å²) in [6.07, 6.45) is 3.44. The summed E-state index contributed by atoms with van der Waals surface area (Å²) in [7, 11) is 1.79. The van der Waals surface area contributed by atoms with E-state index in [0.29, 0.717) is 11.4 Å². The van der Waals surface area contributed by atoms with Gasteiger partial charge < -0.3 is 10.2 Å². The number of aromatic nitrogens is 3. The van der Waals surface area contributed by atoms with Crippen molar-refractivity contribution in [1.82, 2.24) is 20.1 Å². The number of amides is 1. The van der Waals surface area contributed by atoms with E-state index in [0.717, 1.165) is 31.7 Å². The van der Waals surface area contributed by atoms with E-state index in [-0.39, 0.29) is 11.9 Å². The first-order valence-corrected chi connectivity index (χ1v) is 7.58. The molecule has 1 saturated heterocycles. The average molecular weight is 310 g/mol. The van der Waals surface area contributed by atoms with Crippen molar-refractivity contribution in [3.05, 3.63) is 41.9 Å². The van der Waals surface area contributed by atoms with E-state index in [2.05, 4.69) is 26.4 Å². The minimum atomic E-state index is -0.131. The third kappa shape index (κ3) is 3.48. The number of anilines is 1. The minimum Gasteiger partial charge on any atom is -0.356 e. The van der Waals surface area contributed by atoms with Gasteiger partial charge >= 0.3 is 0 Å². The Bertz CT molecular complexity index is 739. The number of nitrogens with one attached hydrogen (secondary N) is 1. The lowest BCUT2D eigenvalue weighted by Crippen LogP contribution is -2.45. The summed E-state index contributed by atoms with van der Waals surface area (Å²) >= 11 is 0. The van der Waals surface area contributed by atoms with Crippen molar-refractivity contribution in [2.24, 2.45) is 7.05 Å². The highest BCUT2D eigenvalue weighted by molar-refractivity contribution is 5.92. The number of nitrogens with zero attached hydrogens (tertiary/aromatic N) is 5. The van der Waals surface area contributed by atoms with Gasteiger partial charge in [0.1, 0.15) is 23.3 Å². The van der Waals surface area contributed by atoms with Gasteiger partial charge in [0.05, 0.1) is 0 Å². The summed E-state index contributed by atoms with van der Waals surface area (Å²) in [6, 6.07) is 9.36. The molecule has 0 atom stereocenters. The maximum Gasteiger partial charge on any atom is 0.271 e. The smallest absolute Gasteiger partial charge is 0.271 e. The molecule has 23 heavy (non-hydrogen) atoms. The number of pyridine rings is 1. The first kappa shape index (κ1) is 15.0. The van der Waals surface area contributed by atoms with Crippen molar-refractivity contribution in [3.8, 4) is 6.07 Å². The molecule has 2 aromatic heterocycles. The molecule has 0 spiro atoms. The monoisotopic (exact) mass is 310 g/mol. The maximum atomic E-state index is 12.1. The number of piperidine rings is 1. The molecule has 0 saturated carbocycles. The van der Waals surface area contributed by atoms with Crippen LogP contribution in [0.4, 0.5) is 5.82 Å². The van der Waals surface area contributed by atoms with Crippen molar-refractivity contribution >= 4 is 11.7 Å². The highest BCUT2D eigenvalue weighted by Gasteiger charge is 2.22. The zero-order valence-electron chi connectivity index (χ0n) is 12.9. The molecule has 0 radical (unpaired) electrons. The van der Waals surface area contributed by atoms with Gasteiger partial charge in [-0.1, -0.05) is 6.07 Å². The second-order valence-corrected chi connectivity index (χ2v) is 5.60. The van der Waals surface area contributed by atoms with Crippen LogP contribution >= 0.6 is 0 Å². The summed E-state index contributed by atoms with van der Waals surface area (Å²) in [6.45, 7) is 1.60. The number of carbonyl (C=O) groups excluding carboxylic acids is 1. The van der Waals surface area contributed by atoms with Crippen molar-refractivity contribution in [2.75, 3.05) is 18.0 Å². The molecule has 1 amide bonds. The second-order valence-electron chi connectivity index (χ2n) is 5.60. The number of rotatable bonds is 3. The zero-order valence-corrected chi connectivity index (χ0v) is 12.9. The predicted octanol–water partition coefficient (Wildman–Crippen LogP) is 1.09. The van der Waals surface area contributed by atoms with Gasteiger partial charge in [-0.15, -0.1) is 0 Å². The molecule has 0 unspecified atom stereocenters. The Morgan fingerprint density at radius 3 is 2.78 bits per heavy atom. The van der Waals surface area contributed by atoms with Crippen LogP contribution in [-0.4, -0.2) is 39.8 Å². The van der Waals surface area contributed by atoms with E-state index in [1.54, 1.807) is 30.1 Å². The molecule has 1 N–H and O–H groups in total. The van der Waals surface area contributed by atoms with Crippen LogP contribution in [0.3, 0.4) is 0 Å². The molecule has 1 fully saturated rings. The van der Waals surface area contributed by atoms with E-state index in [1.165, 1.54) is 0 Å². The van der Waals surface area contributed by atoms with Crippen LogP contribution in [0.25, 0.3) is 0 Å². The molecular formula is C16H18N6O. The topological polar surface area (TPSA) is 86.8 Å². The maximum absolute atomic E-state index is 12.1. The van der Waals surface area contributed by atoms with Gasteiger partial charge in [0.2, 0.25) is 0 Å². The first-order valence-electron chi connectivity index (χ1n) is 7.58. The number of aryl methyl sites for hydroxylation is 1. The van der Waals surface area contributed by atoms with Gasteiger partial charge in [-0.05, 0) is 31.0 Å². The lowest BCUT2D eigenvalue weighted by molar-refractivity contribution is 0.0925. The fourth-order valence-electron chi connectivity index (χ4n) is 2.71. The van der Waals surface area contributed by atoms with Gasteiger partial charge in [-0.3, -0.25) is 9.48 Å². The highest BCUT2D eigenvalue weighted by atomic mass is 16.2. The number of hydrogen-bond acceptors (Lipinski definition) is 5. The SMILES string of the molecule is Cn1ccc(C(=O)NC2CCN(c3cccc(C#N)n3)CC2)n1. The Balaban J connectivity index is 1.56. The summed E-state index contributed by atoms with van der Waals surface area (Å²) in [5.74, 6) is 0.687. The van der Waals surface area contributed by atoms with Gasteiger partial charge in [-0.25, -0.2) is 4.98 Å². The summed E-state index contributed by atoms with van der Waals surface area (Å²) in [4.78, 5) is 18.6. The van der Waals surface area contributed by atoms with E-state index in [1.807, 2.05) is 12.1 Å². The van der Waals surface area contributed by atoms with Crippen LogP contribution in [0.1, 0.15) is 29.0 Å². The van der Waals surface area contributed by atoms with Crippen LogP contribution in [0.15, 0.2) is 30.5 Å². The molecule has 3 heterocycles. The van der Waals surface area contributed by atoms with E-state index < -0.39 is 0 Å². The van der Waals surface area contributed by atoms with Crippen molar-refractivity contribution in [1.29, 1.82) is 5.26 Å². The van der Waals surface area contributed by atoms with Gasteiger partial charge in [0, 0.05) is 32.4 Å². The quantitative estimate of drug-likeness (QED) is 0.917. The summed E-state index contributed by atoms with van der Waals surface area (Å²) in [5, 5.41) is 16.1. The number of hydrogen-bond donors (Lipinski definition) is 1. The summed E-state index contributed by atoms with van der Waals surface area (Å²) < 4.78 is 1.62. The number of nitriles is 1. The van der Waals surface area contributed by atoms with Crippen LogP contribution in [0.5, 0.6) is 0 Å². The second kappa shape index (κ2) is 6.48. The largest absolute Gasteiger partial charge is 0.356 e. The molecule has 3 rings (SSSR count). The normalized spacial score (nSPS) is 15.2. The fraction of sp³-hybridized carbons (Fsp3) is 0.375. The third-order valence-electron chi connectivity index (χ3n) is 3.95. The Hall–Kier alpha value is -2.88. The van der Waals surface area contributed by atoms with Crippen LogP contribution < -0.4 is 10.2 Å². The first-order chi connectivity index (χ1) is 11.2. The van der Waals surface area contributed by atoms with Crippen molar-refractivity contribution in [2.45, 2.75) is 18.9 Å². The van der Waals surface area contributed by atoms with Gasteiger partial charge in [0.25, 0.3) is 5.91 Å². The molecule has 7 nitrogen and oxygen atoms in total. The third-order valence-corrected chi connectivity index (χ3v) is 3.95. The average Bonchev–Trinajstić information content (AvgIpc) is 3.02. The Kier molecular flexibility index (Phi) is 4.24. The van der Waals surface area contributed by atoms with E-state index in [9.17, 15) is 4.79 Å². The van der Waals surface area contributed by atoms with Crippen molar-refractivity contribution < 1.29 is 4.79 Å².